The van der Waals surface area contributed by atoms with Crippen molar-refractivity contribution in [2.24, 2.45) is 5.41 Å². The van der Waals surface area contributed by atoms with E-state index in [0.717, 1.165) is 5.56 Å². The number of hydrogen-bond acceptors (Lipinski definition) is 6. The molecule has 7 rings (SSSR count). The molecule has 13 heteroatoms. The number of carbonyl (C=O) groups is 1. The first-order valence-electron chi connectivity index (χ1n) is 10.1. The summed E-state index contributed by atoms with van der Waals surface area (Å²) >= 11 is -0.188. The van der Waals surface area contributed by atoms with E-state index in [4.69, 9.17) is 4.74 Å². The minimum absolute atomic E-state index is 0.0938. The summed E-state index contributed by atoms with van der Waals surface area (Å²) in [6.45, 7) is 2.25. The average molecular weight is 573 g/mol. The predicted molar refractivity (Wildman–Crippen MR) is 109 cm³/mol. The molecule has 0 radical (unpaired) electrons. The van der Waals surface area contributed by atoms with E-state index in [2.05, 4.69) is 0 Å². The second-order valence-corrected chi connectivity index (χ2v) is 21.4. The van der Waals surface area contributed by atoms with Crippen molar-refractivity contribution in [3.63, 3.8) is 0 Å². The summed E-state index contributed by atoms with van der Waals surface area (Å²) in [7, 11) is -6.85. The van der Waals surface area contributed by atoms with E-state index in [1.54, 1.807) is 13.5 Å². The first-order chi connectivity index (χ1) is 14.9. The van der Waals surface area contributed by atoms with E-state index in [1.165, 1.54) is 12.5 Å². The van der Waals surface area contributed by atoms with E-state index >= 15 is 0 Å². The molecule has 0 saturated carbocycles. The fourth-order valence-electron chi connectivity index (χ4n) is 4.78. The van der Waals surface area contributed by atoms with Crippen LogP contribution in [0.15, 0.2) is 30.3 Å². The molecule has 0 atom stereocenters. The Morgan fingerprint density at radius 1 is 0.875 bits per heavy atom. The molecule has 0 aromatic heterocycles. The summed E-state index contributed by atoms with van der Waals surface area (Å²) in [4.78, 5) is 14.1. The quantitative estimate of drug-likeness (QED) is 0.523. The van der Waals surface area contributed by atoms with Crippen molar-refractivity contribution in [2.75, 3.05) is 51.8 Å². The van der Waals surface area contributed by atoms with Crippen LogP contribution in [0.3, 0.4) is 0 Å². The Morgan fingerprint density at radius 2 is 1.38 bits per heavy atom. The van der Waals surface area contributed by atoms with Crippen molar-refractivity contribution in [3.05, 3.63) is 35.9 Å². The van der Waals surface area contributed by atoms with Crippen LogP contribution in [-0.2, 0) is 55.2 Å². The maximum atomic E-state index is 12.6. The van der Waals surface area contributed by atoms with Crippen LogP contribution in [0.1, 0.15) is 5.56 Å². The Labute approximate surface area is 195 Å². The molecule has 1 aromatic rings. The van der Waals surface area contributed by atoms with Gasteiger partial charge in [-0.25, -0.2) is 0 Å². The molecule has 6 saturated heterocycles. The second kappa shape index (κ2) is 6.50. The molecule has 9 nitrogen and oxygen atoms in total. The van der Waals surface area contributed by atoms with Gasteiger partial charge in [0.15, 0.2) is 0 Å². The summed E-state index contributed by atoms with van der Waals surface area (Å²) in [6, 6.07) is 9.38. The Morgan fingerprint density at radius 3 is 1.84 bits per heavy atom. The summed E-state index contributed by atoms with van der Waals surface area (Å²) < 4.78 is 59.1. The molecule has 1 aromatic carbocycles. The van der Waals surface area contributed by atoms with Gasteiger partial charge in [-0.3, -0.25) is 0 Å². The van der Waals surface area contributed by atoms with Gasteiger partial charge in [-0.05, 0) is 0 Å². The van der Waals surface area contributed by atoms with Crippen molar-refractivity contribution in [2.45, 2.75) is 13.2 Å². The van der Waals surface area contributed by atoms with Gasteiger partial charge in [-0.2, -0.15) is 0 Å². The van der Waals surface area contributed by atoms with Gasteiger partial charge < -0.3 is 0 Å². The number of nitrogens with zero attached hydrogens (tertiary/aromatic N) is 3. The van der Waals surface area contributed by atoms with E-state index in [9.17, 15) is 21.6 Å². The van der Waals surface area contributed by atoms with Gasteiger partial charge in [0.1, 0.15) is 0 Å². The number of likely N-dealkylation sites (tertiary alicyclic amines) is 1. The second-order valence-electron chi connectivity index (χ2n) is 9.12. The SMILES string of the molecule is CS(=O)(=O)N1CC2(CN(C(=O)OCc3ccccc3)C2)CN(S(C)(=O)=O)C[C]23[Co]4[Co]2[C]43C1. The molecule has 0 bridgehead atoms. The van der Waals surface area contributed by atoms with Crippen LogP contribution in [-0.4, -0.2) is 88.2 Å². The summed E-state index contributed by atoms with van der Waals surface area (Å²) in [5.74, 6) is 0. The number of amides is 1. The molecule has 6 aliphatic rings. The Hall–Kier alpha value is -0.677. The Kier molecular flexibility index (Phi) is 4.44. The molecule has 1 amide bonds. The molecule has 182 valence electrons. The first-order valence-corrected chi connectivity index (χ1v) is 17.6. The zero-order valence-electron chi connectivity index (χ0n) is 17.6. The van der Waals surface area contributed by atoms with Crippen molar-refractivity contribution >= 4 is 26.1 Å². The van der Waals surface area contributed by atoms with Gasteiger partial charge in [0, 0.05) is 0 Å². The normalized spacial score (nSPS) is 35.0. The maximum absolute atomic E-state index is 12.6. The van der Waals surface area contributed by atoms with Gasteiger partial charge in [-0.15, -0.1) is 0 Å². The topological polar surface area (TPSA) is 104 Å². The first kappa shape index (κ1) is 21.8. The number of carbonyl (C=O) groups excluding carboxylic acids is 1. The summed E-state index contributed by atoms with van der Waals surface area (Å²) in [5, 5.41) is 0. The number of ether oxygens (including phenoxy) is 1. The third-order valence-corrected chi connectivity index (χ3v) is 21.2. The molecular weight excluding hydrogens is 548 g/mol. The van der Waals surface area contributed by atoms with Gasteiger partial charge >= 0.3 is 178 Å². The summed E-state index contributed by atoms with van der Waals surface area (Å²) in [6.07, 6.45) is 2.00. The van der Waals surface area contributed by atoms with Crippen LogP contribution in [0.2, 0.25) is 6.57 Å². The Balaban J connectivity index is 1.20. The van der Waals surface area contributed by atoms with Crippen LogP contribution in [0.4, 0.5) is 4.79 Å². The van der Waals surface area contributed by atoms with Crippen LogP contribution >= 0.6 is 0 Å². The van der Waals surface area contributed by atoms with E-state index < -0.39 is 31.6 Å². The van der Waals surface area contributed by atoms with Gasteiger partial charge in [0.2, 0.25) is 0 Å². The standard InChI is InChI=1S/C19H25N3O6S2.2Co/c1-29(24,25)21-10-6-7-11-22(30(2,26)27)16-19(15-21)13-20(14-19)18(23)28-12-17-8-4-3-5-9-17;;/h3-5,8-9H,10-16H2,1-2H3;;. The molecule has 6 heterocycles. The summed E-state index contributed by atoms with van der Waals surface area (Å²) in [5.41, 5.74) is 0.261. The molecule has 0 unspecified atom stereocenters. The van der Waals surface area contributed by atoms with Gasteiger partial charge in [0.25, 0.3) is 0 Å². The molecule has 3 spiro atoms. The number of hydrogen-bond donors (Lipinski definition) is 0. The van der Waals surface area contributed by atoms with Crippen LogP contribution in [0, 0.1) is 5.41 Å². The van der Waals surface area contributed by atoms with Crippen molar-refractivity contribution in [3.8, 4) is 0 Å². The van der Waals surface area contributed by atoms with E-state index in [1.807, 2.05) is 30.3 Å². The third kappa shape index (κ3) is 3.08. The van der Waals surface area contributed by atoms with Crippen molar-refractivity contribution < 1.29 is 50.2 Å². The number of benzene rings is 1. The van der Waals surface area contributed by atoms with Crippen LogP contribution < -0.4 is 0 Å². The van der Waals surface area contributed by atoms with Crippen LogP contribution in [0.25, 0.3) is 0 Å². The molecule has 6 fully saturated rings. The van der Waals surface area contributed by atoms with Gasteiger partial charge in [-0.1, -0.05) is 18.2 Å². The molecular formula is C19H25Co2N3O6S2. The average Bonchev–Trinajstić information content (AvgIpc) is 3.60. The van der Waals surface area contributed by atoms with Crippen molar-refractivity contribution in [1.82, 2.24) is 13.5 Å². The number of rotatable bonds is 4. The van der Waals surface area contributed by atoms with Gasteiger partial charge in [0.05, 0.1) is 0 Å². The zero-order chi connectivity index (χ0) is 22.7. The predicted octanol–water partition coefficient (Wildman–Crippen LogP) is 0.587. The monoisotopic (exact) mass is 573 g/mol. The molecule has 32 heavy (non-hydrogen) atoms. The minimum atomic E-state index is -3.42. The number of sulfonamides is 2. The van der Waals surface area contributed by atoms with E-state index in [-0.39, 0.29) is 63.2 Å². The fourth-order valence-corrected chi connectivity index (χ4v) is 21.2. The van der Waals surface area contributed by atoms with Crippen molar-refractivity contribution in [1.29, 1.82) is 0 Å². The zero-order valence-corrected chi connectivity index (χ0v) is 21.3. The third-order valence-electron chi connectivity index (χ3n) is 6.56. The van der Waals surface area contributed by atoms with E-state index in [0.29, 0.717) is 13.1 Å². The van der Waals surface area contributed by atoms with Crippen LogP contribution in [0.5, 0.6) is 0 Å². The molecule has 0 N–H and O–H groups in total. The Bertz CT molecular complexity index is 1150. The fraction of sp³-hybridized carbons (Fsp3) is 0.632. The molecule has 0 aliphatic carbocycles. The molecule has 6 aliphatic heterocycles.